The monoisotopic (exact) mass is 1990 g/mol. The molecule has 22 N–H and O–H groups in total. The zero-order valence-corrected chi connectivity index (χ0v) is 71.9. The summed E-state index contributed by atoms with van der Waals surface area (Å²) in [6.45, 7) is -5.05. The van der Waals surface area contributed by atoms with Gasteiger partial charge in [0.15, 0.2) is 88.3 Å². The summed E-state index contributed by atoms with van der Waals surface area (Å²) in [7, 11) is -30.4. The van der Waals surface area contributed by atoms with Crippen LogP contribution in [0.2, 0.25) is 0 Å². The molecule has 6 unspecified atom stereocenters. The van der Waals surface area contributed by atoms with Gasteiger partial charge in [-0.25, -0.2) is 82.3 Å². The van der Waals surface area contributed by atoms with Gasteiger partial charge in [0, 0.05) is 12.4 Å². The molecule has 0 amide bonds. The van der Waals surface area contributed by atoms with E-state index in [2.05, 4.69) is 80.2 Å². The Labute approximate surface area is 734 Å². The molecule has 71 heteroatoms. The number of nitrogens with two attached hydrogens (primary N) is 4. The number of rotatable bonds is 6. The lowest BCUT2D eigenvalue weighted by Gasteiger charge is -2.26. The fraction of sp³-hybridized carbons (Fsp3) is 0.500. The molecule has 0 saturated carbocycles. The van der Waals surface area contributed by atoms with Crippen LogP contribution < -0.4 is 34.1 Å². The smallest absolute Gasteiger partial charge is 0.397 e. The molecule has 10 aliphatic rings. The average Bonchev–Trinajstić information content (AvgIpc) is 1.64. The molecule has 0 aromatic carbocycles. The predicted octanol–water partition coefficient (Wildman–Crippen LogP) is -3.94. The topological polar surface area (TPSA) is 907 Å². The number of carbonyl (C=O) groups excluding carboxylic acids is 1. The number of nitrogens with zero attached hydrogens (tertiary/aromatic N) is 20. The zero-order chi connectivity index (χ0) is 93.8. The van der Waals surface area contributed by atoms with Gasteiger partial charge >= 0.3 is 46.9 Å². The van der Waals surface area contributed by atoms with Crippen LogP contribution in [0.3, 0.4) is 0 Å². The average molecular weight is 1990 g/mol. The van der Waals surface area contributed by atoms with Gasteiger partial charge in [0.1, 0.15) is 139 Å². The Kier molecular flexibility index (Phi) is 24.4. The second-order valence-electron chi connectivity index (χ2n) is 30.4. The highest BCUT2D eigenvalue weighted by molar-refractivity contribution is 7.48. The number of pyridine rings is 2. The third-order valence-corrected chi connectivity index (χ3v) is 28.0. The lowest BCUT2D eigenvalue weighted by molar-refractivity contribution is -0.0675. The van der Waals surface area contributed by atoms with Crippen LogP contribution in [0.1, 0.15) is 47.9 Å². The third kappa shape index (κ3) is 17.7. The molecular formula is C62H72N26O39P6. The number of imidazole rings is 6. The first-order valence-corrected chi connectivity index (χ1v) is 47.8. The van der Waals surface area contributed by atoms with Gasteiger partial charge in [-0.3, -0.25) is 101 Å². The highest BCUT2D eigenvalue weighted by Crippen LogP contribution is 2.59. The maximum absolute atomic E-state index is 13.2. The number of nitrogens with one attached hydrogen (secondary N) is 2. The highest BCUT2D eigenvalue weighted by Gasteiger charge is 2.59. The second kappa shape index (κ2) is 35.2. The molecule has 30 atom stereocenters. The van der Waals surface area contributed by atoms with E-state index in [1.54, 1.807) is 0 Å². The maximum Gasteiger partial charge on any atom is 0.472 e. The predicted molar refractivity (Wildman–Crippen MR) is 424 cm³/mol. The number of aliphatic hydroxyl groups is 6. The molecule has 65 nitrogen and oxygen atoms in total. The molecule has 133 heavy (non-hydrogen) atoms. The number of phosphoric ester groups is 6. The number of nitrogen functional groups attached to an aromatic ring is 4. The zero-order valence-electron chi connectivity index (χ0n) is 66.6. The number of hydrogen-bond acceptors (Lipinski definition) is 51. The Hall–Kier alpha value is -9.65. The largest absolute Gasteiger partial charge is 0.472 e. The van der Waals surface area contributed by atoms with E-state index in [4.69, 9.17) is 106 Å². The van der Waals surface area contributed by atoms with Crippen LogP contribution in [0.25, 0.3) is 55.7 Å². The van der Waals surface area contributed by atoms with E-state index in [-0.39, 0.29) is 85.7 Å². The van der Waals surface area contributed by atoms with E-state index in [9.17, 15) is 102 Å². The van der Waals surface area contributed by atoms with Crippen molar-refractivity contribution in [1.82, 2.24) is 97.4 Å². The number of ether oxygens (including phenoxy) is 6. The minimum absolute atomic E-state index is 0.0267. The number of fused-ring (bicyclic) bond motifs is 15. The number of anilines is 4. The number of aromatic nitrogens is 20. The molecule has 0 spiro atoms. The number of aliphatic hydroxyl groups excluding tert-OH is 6. The summed E-state index contributed by atoms with van der Waals surface area (Å²) in [5, 5.41) is 79.8. The molecule has 714 valence electrons. The van der Waals surface area contributed by atoms with Gasteiger partial charge < -0.3 is 111 Å². The number of hydrogen-bond donors (Lipinski definition) is 18. The number of carbonyl (C=O) groups is 1. The number of H-pyrrole nitrogens is 2. The van der Waals surface area contributed by atoms with Crippen molar-refractivity contribution in [3.63, 3.8) is 0 Å². The molecule has 0 aliphatic carbocycles. The first-order chi connectivity index (χ1) is 63.2. The van der Waals surface area contributed by atoms with Gasteiger partial charge in [-0.2, -0.15) is 15.2 Å². The standard InChI is InChI=1S/C21H25N9O13P2.C21H24N8O13P2.C20H23N9O13P2/c22-7-1-2-24-16-10(7)25-5-29(16)19-13(32)14-9(41-19)4-39-45(36,37)43-15-12(31)8(3-38-44(34,35)42-14)40-20(15)30-6-26-11-17(30)27-21(23)28-18(11)33;22-8-1-2-23-18-12(8)24-7-29(18)20-15(31)16-11(40-20)5-38-44(35,36)42-17-14(30)10(4-37-43(33,34)41-16)39-21(17)28-6-25-13-9(28)3-26-27-19(13)32;21-16-11-17(23-4-22-16)28(6-25-11)20-15-12(31)8(39-20)2-37-43(33,34)41-14-9(3-38-44(35,36)42-15)40-19(13(14)32)29-5-24-10-7(30)1-26-27-18(10)29/h1-2,5-6,8-9,12-15,19-20,31-32H,3-4H2,(H2,22,24)(H,34,35)(H,36,37)(H3,23,27,28,33);1-3,6-7,10-11,14-17,20-21,30-31H,4-5H2,(H2,22,23)(H,27,32)(H,33,34)(H,35,36);4-6,8-9,12-15,19-20,31-32H,1-3H2,(H,33,34)(H,35,36)(H2,21,22,23)/t8-,9-,12-,13-,14-,15-,19-,20-;10-,11-,14-,15-,16-,17-,20-,21-;8-,9-,12-,13-,14-,15-,19-,20-/m111/s1. The number of phosphoric acid groups is 6. The lowest BCUT2D eigenvalue weighted by atomic mass is 10.1. The van der Waals surface area contributed by atoms with Crippen molar-refractivity contribution in [3.05, 3.63) is 101 Å². The van der Waals surface area contributed by atoms with Gasteiger partial charge in [0.05, 0.1) is 101 Å². The van der Waals surface area contributed by atoms with Crippen molar-refractivity contribution in [2.75, 3.05) is 69.1 Å². The Morgan fingerprint density at radius 1 is 0.376 bits per heavy atom. The molecule has 21 heterocycles. The van der Waals surface area contributed by atoms with Gasteiger partial charge in [0.25, 0.3) is 11.1 Å². The lowest BCUT2D eigenvalue weighted by Crippen LogP contribution is -2.36. The third-order valence-electron chi connectivity index (χ3n) is 22.1. The Balaban J connectivity index is 0.000000129. The van der Waals surface area contributed by atoms with Gasteiger partial charge in [-0.05, 0) is 12.1 Å². The molecule has 9 saturated heterocycles. The SMILES string of the molecule is Nc1ccnc2c1ncn2[C@@H]1O[C@@H]2COP(=O)(O)O[C@@H]3[C@H](O)[C@@H](COP(=O)(O)O[C@H]2[C@H]1O)O[C@H]3n1cnc2c(=O)[nH]ncc21.Nc1nc2c(ncn2[C@@H]2O[C@@H]3COP(=O)(O)O[C@H]4[C@@H](O)[C@H](n5cnc6c(N)ccnc65)O[C@@H]4COP(=O)(O)O[C@@H]2[C@@H]3O)c(=O)[nH]1.Nc1ncnc2c1ncn2[C@@H]1O[C@@H]2COP(=O)(O)O[C@H]3[C@@H](O)[C@H](n4cnc5c4N=NCC5=O)O[C@@H]3COP(=O)(O)O[C@@H]1[C@@H]2O. The summed E-state index contributed by atoms with van der Waals surface area (Å²) in [5.74, 6) is -0.741. The van der Waals surface area contributed by atoms with Crippen LogP contribution in [0.5, 0.6) is 0 Å². The van der Waals surface area contributed by atoms with Crippen molar-refractivity contribution in [2.24, 2.45) is 10.2 Å². The minimum Gasteiger partial charge on any atom is -0.397 e. The molecule has 0 radical (unpaired) electrons. The summed E-state index contributed by atoms with van der Waals surface area (Å²) < 4.78 is 183. The van der Waals surface area contributed by atoms with E-state index < -0.39 is 251 Å². The van der Waals surface area contributed by atoms with E-state index >= 15 is 0 Å². The summed E-state index contributed by atoms with van der Waals surface area (Å²) in [5.41, 5.74) is 23.6. The van der Waals surface area contributed by atoms with Crippen LogP contribution >= 0.6 is 46.9 Å². The summed E-state index contributed by atoms with van der Waals surface area (Å²) >= 11 is 0. The Morgan fingerprint density at radius 3 is 1.20 bits per heavy atom. The molecule has 6 bridgehead atoms. The van der Waals surface area contributed by atoms with E-state index in [0.717, 1.165) is 34.4 Å². The number of azo groups is 1. The van der Waals surface area contributed by atoms with Crippen LogP contribution in [-0.4, -0.2) is 319 Å². The maximum atomic E-state index is 13.2. The highest BCUT2D eigenvalue weighted by atomic mass is 31.2. The van der Waals surface area contributed by atoms with Gasteiger partial charge in [0.2, 0.25) is 11.7 Å². The number of Topliss-reactive ketones (excluding diaryl/α,β-unsaturated/α-hetero) is 1. The fourth-order valence-electron chi connectivity index (χ4n) is 16.0. The van der Waals surface area contributed by atoms with Crippen LogP contribution in [0.15, 0.2) is 94.8 Å². The van der Waals surface area contributed by atoms with E-state index in [1.165, 1.54) is 68.0 Å². The van der Waals surface area contributed by atoms with Gasteiger partial charge in [-0.1, -0.05) is 0 Å². The van der Waals surface area contributed by atoms with E-state index in [1.807, 2.05) is 0 Å². The van der Waals surface area contributed by atoms with Crippen LogP contribution in [0, 0.1) is 0 Å². The molecular weight excluding hydrogens is 1920 g/mol. The number of ketones is 1. The molecule has 21 rings (SSSR count). The van der Waals surface area contributed by atoms with Crippen molar-refractivity contribution in [1.29, 1.82) is 0 Å². The first kappa shape index (κ1) is 92.4. The van der Waals surface area contributed by atoms with Crippen molar-refractivity contribution < 1.29 is 175 Å². The van der Waals surface area contributed by atoms with Crippen LogP contribution in [-0.2, 0) is 110 Å². The van der Waals surface area contributed by atoms with Crippen molar-refractivity contribution >= 4 is 137 Å². The minimum atomic E-state index is -5.11. The van der Waals surface area contributed by atoms with Crippen LogP contribution in [0.4, 0.5) is 29.0 Å². The van der Waals surface area contributed by atoms with Crippen molar-refractivity contribution in [3.8, 4) is 0 Å². The summed E-state index contributed by atoms with van der Waals surface area (Å²) in [4.78, 5) is 147. The first-order valence-electron chi connectivity index (χ1n) is 38.8. The molecule has 10 aliphatic heterocycles. The van der Waals surface area contributed by atoms with Gasteiger partial charge in [-0.15, -0.1) is 5.11 Å². The Morgan fingerprint density at radius 2 is 0.737 bits per heavy atom. The van der Waals surface area contributed by atoms with E-state index in [0.29, 0.717) is 11.2 Å². The quantitative estimate of drug-likeness (QED) is 0.0707. The molecule has 9 fully saturated rings. The fourth-order valence-corrected chi connectivity index (χ4v) is 21.6. The van der Waals surface area contributed by atoms with Crippen molar-refractivity contribution in [2.45, 2.75) is 147 Å². The summed E-state index contributed by atoms with van der Waals surface area (Å²) in [6.07, 6.45) is -25.0. The summed E-state index contributed by atoms with van der Waals surface area (Å²) in [6, 6.07) is 3.02. The molecule has 11 aromatic heterocycles. The number of aromatic amines is 2. The Bertz CT molecular complexity index is 6820. The molecule has 11 aromatic rings. The normalized spacial score (nSPS) is 38.5. The second-order valence-corrected chi connectivity index (χ2v) is 38.8.